The minimum absolute atomic E-state index is 0. The van der Waals surface area contributed by atoms with Gasteiger partial charge in [0, 0.05) is 17.6 Å². The predicted octanol–water partition coefficient (Wildman–Crippen LogP) is 1.85. The Morgan fingerprint density at radius 1 is 1.35 bits per heavy atom. The largest absolute Gasteiger partial charge is 0.401 e. The highest BCUT2D eigenvalue weighted by molar-refractivity contribution is 14.0. The monoisotopic (exact) mass is 415 g/mol. The topological polar surface area (TPSA) is 127 Å². The summed E-state index contributed by atoms with van der Waals surface area (Å²) in [5.74, 6) is -0.261. The molecule has 0 spiro atoms. The van der Waals surface area contributed by atoms with Crippen molar-refractivity contribution in [1.29, 1.82) is 0 Å². The number of anilines is 1. The lowest BCUT2D eigenvalue weighted by Gasteiger charge is -2.05. The molecule has 116 valence electrons. The molecule has 0 aliphatic carbocycles. The lowest BCUT2D eigenvalue weighted by atomic mass is 10.3. The summed E-state index contributed by atoms with van der Waals surface area (Å²) < 4.78 is 23.3. The number of nitrogens with one attached hydrogen (secondary N) is 1. The number of rotatable bonds is 6. The molecule has 0 radical (unpaired) electrons. The first-order valence-electron chi connectivity index (χ1n) is 5.64. The number of aliphatic hydroxyl groups excluding tert-OH is 1. The van der Waals surface area contributed by atoms with Crippen molar-refractivity contribution < 1.29 is 13.5 Å². The Bertz CT molecular complexity index is 515. The summed E-state index contributed by atoms with van der Waals surface area (Å²) in [7, 11) is -3.38. The summed E-state index contributed by atoms with van der Waals surface area (Å²) >= 11 is 0. The molecule has 0 saturated carbocycles. The molecule has 0 heterocycles. The van der Waals surface area contributed by atoms with Gasteiger partial charge in [0.1, 0.15) is 0 Å². The molecule has 0 fully saturated rings. The molecule has 0 amide bonds. The van der Waals surface area contributed by atoms with E-state index < -0.39 is 9.84 Å². The number of halogens is 1. The van der Waals surface area contributed by atoms with Crippen LogP contribution in [0, 0.1) is 0 Å². The van der Waals surface area contributed by atoms with Gasteiger partial charge >= 0.3 is 0 Å². The molecule has 7 N–H and O–H groups in total. The van der Waals surface area contributed by atoms with E-state index >= 15 is 0 Å². The van der Waals surface area contributed by atoms with E-state index in [1.165, 1.54) is 12.1 Å². The molecule has 0 aliphatic rings. The van der Waals surface area contributed by atoms with Crippen LogP contribution in [-0.4, -0.2) is 25.9 Å². The van der Waals surface area contributed by atoms with Crippen molar-refractivity contribution in [3.63, 3.8) is 0 Å². The number of nitrogens with two attached hydrogens (primary N) is 1. The smallest absolute Gasteiger partial charge is 0.180 e. The highest BCUT2D eigenvalue weighted by Gasteiger charge is 2.12. The maximum absolute atomic E-state index is 11.6. The quantitative estimate of drug-likeness (QED) is 0.525. The first-order valence-corrected chi connectivity index (χ1v) is 7.29. The summed E-state index contributed by atoms with van der Waals surface area (Å²) in [6.45, 7) is 1.57. The number of aliphatic hydroxyl groups is 1. The molecule has 8 heteroatoms. The van der Waals surface area contributed by atoms with E-state index in [9.17, 15) is 8.42 Å². The van der Waals surface area contributed by atoms with Gasteiger partial charge in [-0.1, -0.05) is 6.92 Å². The van der Waals surface area contributed by atoms with Crippen molar-refractivity contribution in [2.75, 3.05) is 17.7 Å². The van der Waals surface area contributed by atoms with Gasteiger partial charge < -0.3 is 22.3 Å². The molecular weight excluding hydrogens is 393 g/mol. The van der Waals surface area contributed by atoms with E-state index in [1.807, 2.05) is 6.92 Å². The molecule has 0 aromatic heterocycles. The van der Waals surface area contributed by atoms with Gasteiger partial charge in [-0.05, 0) is 30.7 Å². The van der Waals surface area contributed by atoms with E-state index in [4.69, 9.17) is 10.8 Å². The normalized spacial score (nSPS) is 11.2. The first kappa shape index (κ1) is 21.5. The molecule has 6 nitrogen and oxygen atoms in total. The maximum Gasteiger partial charge on any atom is 0.180 e. The summed E-state index contributed by atoms with van der Waals surface area (Å²) in [6.07, 6.45) is 2.42. The number of sulfone groups is 1. The fourth-order valence-corrected chi connectivity index (χ4v) is 2.30. The molecule has 0 atom stereocenters. The lowest BCUT2D eigenvalue weighted by molar-refractivity contribution is 0.319. The number of hydrogen-bond acceptors (Lipinski definition) is 6. The lowest BCUT2D eigenvalue weighted by Crippen LogP contribution is -2.09. The minimum Gasteiger partial charge on any atom is -0.401 e. The van der Waals surface area contributed by atoms with Crippen LogP contribution in [0.3, 0.4) is 0 Å². The summed E-state index contributed by atoms with van der Waals surface area (Å²) in [4.78, 5) is 0.203. The Balaban J connectivity index is 0. The van der Waals surface area contributed by atoms with Crippen LogP contribution in [0.15, 0.2) is 41.1 Å². The van der Waals surface area contributed by atoms with Crippen LogP contribution in [0.1, 0.15) is 13.3 Å². The molecule has 1 rings (SSSR count). The number of benzene rings is 1. The van der Waals surface area contributed by atoms with Crippen LogP contribution in [0.4, 0.5) is 5.69 Å². The molecule has 0 unspecified atom stereocenters. The van der Waals surface area contributed by atoms with Crippen molar-refractivity contribution in [3.8, 4) is 0 Å². The zero-order valence-electron chi connectivity index (χ0n) is 11.4. The average Bonchev–Trinajstić information content (AvgIpc) is 2.36. The summed E-state index contributed by atoms with van der Waals surface area (Å²) in [6, 6.07) is 6.32. The zero-order valence-corrected chi connectivity index (χ0v) is 14.5. The van der Waals surface area contributed by atoms with E-state index in [1.54, 1.807) is 18.3 Å². The van der Waals surface area contributed by atoms with E-state index in [0.29, 0.717) is 5.70 Å². The van der Waals surface area contributed by atoms with Gasteiger partial charge in [-0.3, -0.25) is 0 Å². The third kappa shape index (κ3) is 6.55. The second kappa shape index (κ2) is 9.97. The van der Waals surface area contributed by atoms with Gasteiger partial charge in [0.05, 0.1) is 17.3 Å². The van der Waals surface area contributed by atoms with Crippen molar-refractivity contribution in [1.82, 2.24) is 6.15 Å². The SMILES string of the molecule is CC/C(N)=C/Nc1ccc(S(=O)(=O)CCO)cc1.I.N. The molecule has 0 bridgehead atoms. The van der Waals surface area contributed by atoms with Crippen LogP contribution in [0.5, 0.6) is 0 Å². The first-order chi connectivity index (χ1) is 8.49. The molecule has 1 aromatic rings. The molecule has 0 aliphatic heterocycles. The second-order valence-corrected chi connectivity index (χ2v) is 5.89. The summed E-state index contributed by atoms with van der Waals surface area (Å²) in [5, 5.41) is 11.7. The Morgan fingerprint density at radius 2 is 1.90 bits per heavy atom. The van der Waals surface area contributed by atoms with Crippen LogP contribution < -0.4 is 17.2 Å². The molecular formula is C12H22IN3O3S. The van der Waals surface area contributed by atoms with Crippen LogP contribution in [-0.2, 0) is 9.84 Å². The Labute approximate surface area is 137 Å². The highest BCUT2D eigenvalue weighted by atomic mass is 127. The second-order valence-electron chi connectivity index (χ2n) is 3.78. The molecule has 20 heavy (non-hydrogen) atoms. The van der Waals surface area contributed by atoms with Crippen molar-refractivity contribution in [2.24, 2.45) is 5.73 Å². The molecule has 0 saturated heterocycles. The number of allylic oxidation sites excluding steroid dienone is 1. The van der Waals surface area contributed by atoms with Gasteiger partial charge in [0.15, 0.2) is 9.84 Å². The van der Waals surface area contributed by atoms with Gasteiger partial charge in [-0.25, -0.2) is 8.42 Å². The summed E-state index contributed by atoms with van der Waals surface area (Å²) in [5.41, 5.74) is 7.11. The van der Waals surface area contributed by atoms with Crippen molar-refractivity contribution in [2.45, 2.75) is 18.2 Å². The van der Waals surface area contributed by atoms with E-state index in [0.717, 1.165) is 12.1 Å². The van der Waals surface area contributed by atoms with Crippen LogP contribution >= 0.6 is 24.0 Å². The third-order valence-electron chi connectivity index (χ3n) is 2.41. The van der Waals surface area contributed by atoms with E-state index in [2.05, 4.69) is 5.32 Å². The maximum atomic E-state index is 11.6. The van der Waals surface area contributed by atoms with Gasteiger partial charge in [-0.2, -0.15) is 0 Å². The van der Waals surface area contributed by atoms with Crippen LogP contribution in [0.25, 0.3) is 0 Å². The zero-order chi connectivity index (χ0) is 13.6. The standard InChI is InChI=1S/C12H18N2O3S.HI.H3N/c1-2-10(13)9-14-11-3-5-12(6-4-11)18(16,17)8-7-15;;/h3-6,9,14-15H,2,7-8,13H2,1H3;1H;1H3/b10-9-;;. The minimum atomic E-state index is -3.38. The average molecular weight is 415 g/mol. The van der Waals surface area contributed by atoms with E-state index in [-0.39, 0.29) is 47.4 Å². The Hall–Kier alpha value is -0.840. The number of hydrogen-bond donors (Lipinski definition) is 4. The predicted molar refractivity (Wildman–Crippen MR) is 92.2 cm³/mol. The fraction of sp³-hybridized carbons (Fsp3) is 0.333. The molecule has 1 aromatic carbocycles. The Kier molecular flexibility index (Phi) is 10.7. The highest BCUT2D eigenvalue weighted by Crippen LogP contribution is 2.15. The third-order valence-corrected chi connectivity index (χ3v) is 4.12. The van der Waals surface area contributed by atoms with Gasteiger partial charge in [0.25, 0.3) is 0 Å². The Morgan fingerprint density at radius 3 is 2.35 bits per heavy atom. The van der Waals surface area contributed by atoms with Crippen molar-refractivity contribution in [3.05, 3.63) is 36.2 Å². The van der Waals surface area contributed by atoms with Gasteiger partial charge in [-0.15, -0.1) is 24.0 Å². The van der Waals surface area contributed by atoms with Crippen molar-refractivity contribution >= 4 is 39.5 Å². The fourth-order valence-electron chi connectivity index (χ4n) is 1.27. The van der Waals surface area contributed by atoms with Gasteiger partial charge in [0.2, 0.25) is 0 Å². The van der Waals surface area contributed by atoms with Crippen LogP contribution in [0.2, 0.25) is 0 Å².